The Balaban J connectivity index is 1.89. The standard InChI is InChI=1S/C19H24O4/c1-5-6-17(20)22-15-8-7-13-9-16-14(11(2)18(21)23-16)10-19(13,4)12(15)3/h7,9,12,15H,5-6,8,10H2,1-4H3. The average Bonchev–Trinajstić information content (AvgIpc) is 2.76. The molecular weight excluding hydrogens is 292 g/mol. The van der Waals surface area contributed by atoms with E-state index in [2.05, 4.69) is 19.9 Å². The Kier molecular flexibility index (Phi) is 3.95. The molecule has 3 rings (SSSR count). The molecule has 23 heavy (non-hydrogen) atoms. The zero-order chi connectivity index (χ0) is 16.8. The third-order valence-electron chi connectivity index (χ3n) is 5.62. The first-order chi connectivity index (χ1) is 10.9. The van der Waals surface area contributed by atoms with E-state index >= 15 is 0 Å². The Morgan fingerprint density at radius 1 is 1.48 bits per heavy atom. The number of carbonyl (C=O) groups excluding carboxylic acids is 2. The van der Waals surface area contributed by atoms with Gasteiger partial charge in [0.2, 0.25) is 0 Å². The van der Waals surface area contributed by atoms with E-state index in [1.54, 1.807) is 0 Å². The van der Waals surface area contributed by atoms with Crippen LogP contribution in [0.1, 0.15) is 53.4 Å². The van der Waals surface area contributed by atoms with E-state index in [9.17, 15) is 9.59 Å². The number of hydrogen-bond donors (Lipinski definition) is 0. The highest BCUT2D eigenvalue weighted by Crippen LogP contribution is 2.53. The van der Waals surface area contributed by atoms with Gasteiger partial charge in [-0.2, -0.15) is 0 Å². The van der Waals surface area contributed by atoms with Crippen molar-refractivity contribution < 1.29 is 19.1 Å². The van der Waals surface area contributed by atoms with Crippen LogP contribution in [-0.2, 0) is 19.1 Å². The third kappa shape index (κ3) is 2.54. The maximum absolute atomic E-state index is 11.9. The Morgan fingerprint density at radius 3 is 2.91 bits per heavy atom. The second-order valence-corrected chi connectivity index (χ2v) is 7.06. The molecule has 1 heterocycles. The number of esters is 2. The van der Waals surface area contributed by atoms with Crippen molar-refractivity contribution in [3.8, 4) is 0 Å². The Bertz CT molecular complexity index is 652. The summed E-state index contributed by atoms with van der Waals surface area (Å²) in [5.74, 6) is 0.529. The fourth-order valence-corrected chi connectivity index (χ4v) is 3.81. The van der Waals surface area contributed by atoms with Crippen LogP contribution in [-0.4, -0.2) is 18.0 Å². The van der Waals surface area contributed by atoms with Gasteiger partial charge in [-0.1, -0.05) is 26.8 Å². The molecule has 3 aliphatic rings. The minimum Gasteiger partial charge on any atom is -0.462 e. The van der Waals surface area contributed by atoms with Crippen molar-refractivity contribution in [2.45, 2.75) is 59.5 Å². The fraction of sp³-hybridized carbons (Fsp3) is 0.579. The molecule has 0 radical (unpaired) electrons. The molecule has 0 bridgehead atoms. The smallest absolute Gasteiger partial charge is 0.339 e. The summed E-state index contributed by atoms with van der Waals surface area (Å²) in [6.07, 6.45) is 6.77. The summed E-state index contributed by atoms with van der Waals surface area (Å²) >= 11 is 0. The van der Waals surface area contributed by atoms with E-state index in [-0.39, 0.29) is 29.4 Å². The molecule has 1 aliphatic heterocycles. The summed E-state index contributed by atoms with van der Waals surface area (Å²) < 4.78 is 11.1. The van der Waals surface area contributed by atoms with Crippen LogP contribution in [0.3, 0.4) is 0 Å². The van der Waals surface area contributed by atoms with Gasteiger partial charge in [-0.05, 0) is 31.4 Å². The second kappa shape index (κ2) is 5.66. The molecule has 0 amide bonds. The van der Waals surface area contributed by atoms with Crippen molar-refractivity contribution in [2.24, 2.45) is 11.3 Å². The van der Waals surface area contributed by atoms with Crippen LogP contribution in [0.5, 0.6) is 0 Å². The molecule has 3 atom stereocenters. The molecule has 0 saturated carbocycles. The maximum atomic E-state index is 11.9. The summed E-state index contributed by atoms with van der Waals surface area (Å²) in [5, 5.41) is 0. The van der Waals surface area contributed by atoms with Gasteiger partial charge in [0.15, 0.2) is 0 Å². The number of hydrogen-bond acceptors (Lipinski definition) is 4. The van der Waals surface area contributed by atoms with E-state index in [1.807, 2.05) is 19.9 Å². The molecule has 4 nitrogen and oxygen atoms in total. The number of fused-ring (bicyclic) bond motifs is 2. The Labute approximate surface area is 137 Å². The topological polar surface area (TPSA) is 52.6 Å². The van der Waals surface area contributed by atoms with Gasteiger partial charge in [-0.3, -0.25) is 4.79 Å². The monoisotopic (exact) mass is 316 g/mol. The van der Waals surface area contributed by atoms with Gasteiger partial charge in [-0.25, -0.2) is 4.79 Å². The van der Waals surface area contributed by atoms with Gasteiger partial charge < -0.3 is 9.47 Å². The first kappa shape index (κ1) is 16.0. The predicted octanol–water partition coefficient (Wildman–Crippen LogP) is 3.83. The lowest BCUT2D eigenvalue weighted by Crippen LogP contribution is -2.42. The van der Waals surface area contributed by atoms with Crippen LogP contribution < -0.4 is 0 Å². The van der Waals surface area contributed by atoms with E-state index in [0.717, 1.165) is 24.8 Å². The lowest BCUT2D eigenvalue weighted by molar-refractivity contribution is -0.154. The lowest BCUT2D eigenvalue weighted by Gasteiger charge is -2.46. The van der Waals surface area contributed by atoms with Crippen molar-refractivity contribution in [3.05, 3.63) is 34.6 Å². The molecule has 0 N–H and O–H groups in total. The largest absolute Gasteiger partial charge is 0.462 e. The zero-order valence-corrected chi connectivity index (χ0v) is 14.3. The SMILES string of the molecule is CCCC(=O)OC1CC=C2C=C3OC(=O)C(C)=C3CC2(C)C1C. The summed E-state index contributed by atoms with van der Waals surface area (Å²) in [6.45, 7) is 8.14. The summed E-state index contributed by atoms with van der Waals surface area (Å²) in [6, 6.07) is 0. The number of allylic oxidation sites excluding steroid dienone is 3. The van der Waals surface area contributed by atoms with Gasteiger partial charge in [-0.15, -0.1) is 0 Å². The molecule has 0 aromatic rings. The van der Waals surface area contributed by atoms with E-state index in [1.165, 1.54) is 5.57 Å². The van der Waals surface area contributed by atoms with Crippen LogP contribution in [0.25, 0.3) is 0 Å². The third-order valence-corrected chi connectivity index (χ3v) is 5.62. The molecule has 124 valence electrons. The van der Waals surface area contributed by atoms with E-state index < -0.39 is 0 Å². The predicted molar refractivity (Wildman–Crippen MR) is 86.3 cm³/mol. The van der Waals surface area contributed by atoms with Crippen LogP contribution in [0.4, 0.5) is 0 Å². The van der Waals surface area contributed by atoms with E-state index in [4.69, 9.17) is 9.47 Å². The molecule has 3 unspecified atom stereocenters. The Hall–Kier alpha value is -1.84. The maximum Gasteiger partial charge on any atom is 0.339 e. The summed E-state index contributed by atoms with van der Waals surface area (Å²) in [7, 11) is 0. The van der Waals surface area contributed by atoms with Crippen molar-refractivity contribution in [1.82, 2.24) is 0 Å². The molecule has 0 aromatic carbocycles. The van der Waals surface area contributed by atoms with Crippen molar-refractivity contribution in [3.63, 3.8) is 0 Å². The van der Waals surface area contributed by atoms with Crippen LogP contribution in [0.2, 0.25) is 0 Å². The van der Waals surface area contributed by atoms with Crippen LogP contribution >= 0.6 is 0 Å². The number of carbonyl (C=O) groups is 2. The molecule has 2 aliphatic carbocycles. The molecule has 4 heteroatoms. The molecule has 0 saturated heterocycles. The van der Waals surface area contributed by atoms with Gasteiger partial charge in [0.05, 0.1) is 0 Å². The van der Waals surface area contributed by atoms with Gasteiger partial charge in [0.1, 0.15) is 11.9 Å². The van der Waals surface area contributed by atoms with Crippen molar-refractivity contribution in [1.29, 1.82) is 0 Å². The van der Waals surface area contributed by atoms with Crippen LogP contribution in [0.15, 0.2) is 34.6 Å². The fourth-order valence-electron chi connectivity index (χ4n) is 3.81. The molecule has 0 fully saturated rings. The van der Waals surface area contributed by atoms with Crippen molar-refractivity contribution >= 4 is 11.9 Å². The molecular formula is C19H24O4. The normalized spacial score (nSPS) is 32.6. The molecule has 0 spiro atoms. The molecule has 0 aromatic heterocycles. The zero-order valence-electron chi connectivity index (χ0n) is 14.3. The average molecular weight is 316 g/mol. The number of ether oxygens (including phenoxy) is 2. The van der Waals surface area contributed by atoms with Gasteiger partial charge >= 0.3 is 11.9 Å². The first-order valence-electron chi connectivity index (χ1n) is 8.41. The second-order valence-electron chi connectivity index (χ2n) is 7.06. The van der Waals surface area contributed by atoms with Gasteiger partial charge in [0.25, 0.3) is 0 Å². The van der Waals surface area contributed by atoms with Gasteiger partial charge in [0, 0.05) is 35.3 Å². The Morgan fingerprint density at radius 2 is 2.22 bits per heavy atom. The highest BCUT2D eigenvalue weighted by Gasteiger charge is 2.47. The van der Waals surface area contributed by atoms with Crippen molar-refractivity contribution in [2.75, 3.05) is 0 Å². The van der Waals surface area contributed by atoms with Crippen LogP contribution in [0, 0.1) is 11.3 Å². The summed E-state index contributed by atoms with van der Waals surface area (Å²) in [4.78, 5) is 23.7. The lowest BCUT2D eigenvalue weighted by atomic mass is 9.60. The number of rotatable bonds is 3. The minimum atomic E-state index is -0.243. The quantitative estimate of drug-likeness (QED) is 0.743. The minimum absolute atomic E-state index is 0.100. The first-order valence-corrected chi connectivity index (χ1v) is 8.41. The van der Waals surface area contributed by atoms with E-state index in [0.29, 0.717) is 17.8 Å². The summed E-state index contributed by atoms with van der Waals surface area (Å²) in [5.41, 5.74) is 2.76. The highest BCUT2D eigenvalue weighted by atomic mass is 16.5. The highest BCUT2D eigenvalue weighted by molar-refractivity contribution is 5.94.